The number of rotatable bonds is 1. The zero-order valence-electron chi connectivity index (χ0n) is 7.39. The molecular formula is C11H12F2. The zero-order chi connectivity index (χ0) is 9.26. The fourth-order valence-electron chi connectivity index (χ4n) is 2.07. The monoisotopic (exact) mass is 182 g/mol. The molecular weight excluding hydrogens is 170 g/mol. The van der Waals surface area contributed by atoms with Crippen molar-refractivity contribution in [2.24, 2.45) is 0 Å². The number of benzene rings is 1. The first-order valence-electron chi connectivity index (χ1n) is 4.72. The molecule has 1 aromatic carbocycles. The summed E-state index contributed by atoms with van der Waals surface area (Å²) in [6.07, 6.45) is 4.42. The third-order valence-electron chi connectivity index (χ3n) is 2.76. The molecule has 1 aliphatic rings. The van der Waals surface area contributed by atoms with Gasteiger partial charge in [-0.05, 0) is 30.4 Å². The Kier molecular flexibility index (Phi) is 2.30. The normalized spacial score (nSPS) is 18.0. The topological polar surface area (TPSA) is 0 Å². The summed E-state index contributed by atoms with van der Waals surface area (Å²) in [6, 6.07) is 3.91. The molecule has 70 valence electrons. The van der Waals surface area contributed by atoms with E-state index in [1.807, 2.05) is 0 Å². The minimum absolute atomic E-state index is 0.320. The van der Waals surface area contributed by atoms with Crippen LogP contribution in [0.4, 0.5) is 8.78 Å². The number of hydrogen-bond donors (Lipinski definition) is 0. The fraction of sp³-hybridized carbons (Fsp3) is 0.455. The Labute approximate surface area is 76.6 Å². The van der Waals surface area contributed by atoms with Gasteiger partial charge in [0.2, 0.25) is 0 Å². The molecule has 0 nitrogen and oxygen atoms in total. The smallest absolute Gasteiger partial charge is 0.129 e. The predicted octanol–water partition coefficient (Wildman–Crippen LogP) is 3.62. The lowest BCUT2D eigenvalue weighted by Crippen LogP contribution is -1.96. The van der Waals surface area contributed by atoms with E-state index in [1.165, 1.54) is 18.9 Å². The van der Waals surface area contributed by atoms with Gasteiger partial charge in [0.1, 0.15) is 11.6 Å². The molecule has 1 aromatic rings. The van der Waals surface area contributed by atoms with E-state index in [4.69, 9.17) is 0 Å². The van der Waals surface area contributed by atoms with E-state index in [0.717, 1.165) is 18.9 Å². The second-order valence-electron chi connectivity index (χ2n) is 3.65. The summed E-state index contributed by atoms with van der Waals surface area (Å²) in [7, 11) is 0. The molecule has 2 heteroatoms. The molecule has 1 aliphatic carbocycles. The number of halogens is 2. The van der Waals surface area contributed by atoms with Crippen molar-refractivity contribution in [1.82, 2.24) is 0 Å². The molecule has 0 aromatic heterocycles. The van der Waals surface area contributed by atoms with Crippen LogP contribution in [0.5, 0.6) is 0 Å². The van der Waals surface area contributed by atoms with E-state index in [0.29, 0.717) is 11.5 Å². The van der Waals surface area contributed by atoms with Crippen LogP contribution >= 0.6 is 0 Å². The van der Waals surface area contributed by atoms with Crippen LogP contribution in [0.2, 0.25) is 0 Å². The Morgan fingerprint density at radius 1 is 1.08 bits per heavy atom. The second kappa shape index (κ2) is 3.44. The van der Waals surface area contributed by atoms with Crippen LogP contribution in [0.25, 0.3) is 0 Å². The third kappa shape index (κ3) is 1.71. The molecule has 1 saturated carbocycles. The molecule has 13 heavy (non-hydrogen) atoms. The summed E-state index contributed by atoms with van der Waals surface area (Å²) >= 11 is 0. The predicted molar refractivity (Wildman–Crippen MR) is 47.6 cm³/mol. The van der Waals surface area contributed by atoms with E-state index in [-0.39, 0.29) is 5.82 Å². The van der Waals surface area contributed by atoms with Gasteiger partial charge in [0.05, 0.1) is 0 Å². The van der Waals surface area contributed by atoms with E-state index < -0.39 is 5.82 Å². The average molecular weight is 182 g/mol. The molecule has 0 atom stereocenters. The van der Waals surface area contributed by atoms with Crippen LogP contribution in [0.15, 0.2) is 18.2 Å². The molecule has 0 unspecified atom stereocenters. The summed E-state index contributed by atoms with van der Waals surface area (Å²) in [4.78, 5) is 0. The minimum atomic E-state index is -0.487. The first kappa shape index (κ1) is 8.67. The fourth-order valence-corrected chi connectivity index (χ4v) is 2.07. The van der Waals surface area contributed by atoms with Crippen molar-refractivity contribution >= 4 is 0 Å². The quantitative estimate of drug-likeness (QED) is 0.622. The molecule has 2 rings (SSSR count). The summed E-state index contributed by atoms with van der Waals surface area (Å²) in [6.45, 7) is 0. The van der Waals surface area contributed by atoms with Crippen molar-refractivity contribution in [3.8, 4) is 0 Å². The molecule has 0 spiro atoms. The molecule has 0 heterocycles. The average Bonchev–Trinajstić information content (AvgIpc) is 2.56. The maximum Gasteiger partial charge on any atom is 0.129 e. The van der Waals surface area contributed by atoms with Crippen LogP contribution in [0, 0.1) is 11.6 Å². The van der Waals surface area contributed by atoms with Gasteiger partial charge in [0.15, 0.2) is 0 Å². The first-order chi connectivity index (χ1) is 6.27. The first-order valence-corrected chi connectivity index (χ1v) is 4.72. The zero-order valence-corrected chi connectivity index (χ0v) is 7.39. The summed E-state index contributed by atoms with van der Waals surface area (Å²) in [5.41, 5.74) is 0.693. The highest BCUT2D eigenvalue weighted by Gasteiger charge is 2.20. The molecule has 0 radical (unpaired) electrons. The van der Waals surface area contributed by atoms with Gasteiger partial charge < -0.3 is 0 Å². The Morgan fingerprint density at radius 2 is 1.77 bits per heavy atom. The van der Waals surface area contributed by atoms with Gasteiger partial charge >= 0.3 is 0 Å². The van der Waals surface area contributed by atoms with Crippen molar-refractivity contribution < 1.29 is 8.78 Å². The van der Waals surface area contributed by atoms with Gasteiger partial charge in [-0.2, -0.15) is 0 Å². The van der Waals surface area contributed by atoms with E-state index in [1.54, 1.807) is 6.07 Å². The Bertz CT molecular complexity index is 301. The summed E-state index contributed by atoms with van der Waals surface area (Å²) < 4.78 is 25.9. The van der Waals surface area contributed by atoms with Crippen LogP contribution in [-0.4, -0.2) is 0 Å². The third-order valence-corrected chi connectivity index (χ3v) is 2.76. The van der Waals surface area contributed by atoms with Crippen molar-refractivity contribution in [2.45, 2.75) is 31.6 Å². The van der Waals surface area contributed by atoms with Gasteiger partial charge in [-0.3, -0.25) is 0 Å². The van der Waals surface area contributed by atoms with Crippen LogP contribution in [-0.2, 0) is 0 Å². The van der Waals surface area contributed by atoms with Gasteiger partial charge in [-0.25, -0.2) is 8.78 Å². The lowest BCUT2D eigenvalue weighted by atomic mass is 9.97. The molecule has 0 N–H and O–H groups in total. The van der Waals surface area contributed by atoms with Crippen molar-refractivity contribution in [3.05, 3.63) is 35.4 Å². The largest absolute Gasteiger partial charge is 0.207 e. The lowest BCUT2D eigenvalue weighted by molar-refractivity contribution is 0.554. The maximum absolute atomic E-state index is 13.3. The highest BCUT2D eigenvalue weighted by Crippen LogP contribution is 2.35. The summed E-state index contributed by atoms with van der Waals surface area (Å²) in [5.74, 6) is -0.549. The van der Waals surface area contributed by atoms with Gasteiger partial charge in [0, 0.05) is 6.07 Å². The van der Waals surface area contributed by atoms with Crippen molar-refractivity contribution in [1.29, 1.82) is 0 Å². The Hall–Kier alpha value is -0.920. The lowest BCUT2D eigenvalue weighted by Gasteiger charge is -2.09. The molecule has 0 aliphatic heterocycles. The van der Waals surface area contributed by atoms with Crippen molar-refractivity contribution in [2.75, 3.05) is 0 Å². The molecule has 0 saturated heterocycles. The SMILES string of the molecule is Fc1ccc(C2CCCC2)c(F)c1. The number of hydrogen-bond acceptors (Lipinski definition) is 0. The van der Waals surface area contributed by atoms with Gasteiger partial charge in [-0.1, -0.05) is 18.9 Å². The van der Waals surface area contributed by atoms with Gasteiger partial charge in [-0.15, -0.1) is 0 Å². The second-order valence-corrected chi connectivity index (χ2v) is 3.65. The molecule has 0 amide bonds. The Balaban J connectivity index is 2.29. The summed E-state index contributed by atoms with van der Waals surface area (Å²) in [5, 5.41) is 0. The highest BCUT2D eigenvalue weighted by molar-refractivity contribution is 5.23. The van der Waals surface area contributed by atoms with Gasteiger partial charge in [0.25, 0.3) is 0 Å². The minimum Gasteiger partial charge on any atom is -0.207 e. The van der Waals surface area contributed by atoms with E-state index >= 15 is 0 Å². The maximum atomic E-state index is 13.3. The standard InChI is InChI=1S/C11H12F2/c12-9-5-6-10(11(13)7-9)8-3-1-2-4-8/h5-8H,1-4H2. The Morgan fingerprint density at radius 3 is 2.38 bits per heavy atom. The highest BCUT2D eigenvalue weighted by atomic mass is 19.1. The van der Waals surface area contributed by atoms with Crippen molar-refractivity contribution in [3.63, 3.8) is 0 Å². The van der Waals surface area contributed by atoms with Crippen LogP contribution in [0.1, 0.15) is 37.2 Å². The molecule has 0 bridgehead atoms. The van der Waals surface area contributed by atoms with E-state index in [9.17, 15) is 8.78 Å². The van der Waals surface area contributed by atoms with Crippen LogP contribution < -0.4 is 0 Å². The van der Waals surface area contributed by atoms with Crippen LogP contribution in [0.3, 0.4) is 0 Å². The van der Waals surface area contributed by atoms with E-state index in [2.05, 4.69) is 0 Å². The molecule has 1 fully saturated rings.